The average molecular weight is 299 g/mol. The Morgan fingerprint density at radius 1 is 1.59 bits per heavy atom. The molecule has 1 amide bonds. The van der Waals surface area contributed by atoms with Gasteiger partial charge >= 0.3 is 0 Å². The number of aromatic nitrogens is 1. The van der Waals surface area contributed by atoms with Gasteiger partial charge in [-0.05, 0) is 46.7 Å². The molecule has 1 aliphatic carbocycles. The van der Waals surface area contributed by atoms with Gasteiger partial charge < -0.3 is 9.88 Å². The van der Waals surface area contributed by atoms with E-state index in [0.29, 0.717) is 17.2 Å². The van der Waals surface area contributed by atoms with E-state index in [0.717, 1.165) is 17.3 Å². The van der Waals surface area contributed by atoms with E-state index in [-0.39, 0.29) is 5.91 Å². The van der Waals surface area contributed by atoms with Crippen molar-refractivity contribution in [2.45, 2.75) is 39.2 Å². The Morgan fingerprint density at radius 3 is 2.76 bits per heavy atom. The van der Waals surface area contributed by atoms with Crippen LogP contribution in [-0.2, 0) is 7.05 Å². The zero-order chi connectivity index (χ0) is 12.6. The summed E-state index contributed by atoms with van der Waals surface area (Å²) in [7, 11) is 1.89. The second kappa shape index (κ2) is 4.48. The van der Waals surface area contributed by atoms with Crippen molar-refractivity contribution >= 4 is 21.8 Å². The number of hydrogen-bond acceptors (Lipinski definition) is 1. The van der Waals surface area contributed by atoms with Gasteiger partial charge in [-0.25, -0.2) is 0 Å². The maximum Gasteiger partial charge on any atom is 0.268 e. The van der Waals surface area contributed by atoms with Crippen LogP contribution in [0.4, 0.5) is 0 Å². The molecule has 0 spiro atoms. The summed E-state index contributed by atoms with van der Waals surface area (Å²) in [5, 5.41) is 3.12. The molecule has 1 aliphatic rings. The molecule has 94 valence electrons. The number of aryl methyl sites for hydroxylation is 1. The summed E-state index contributed by atoms with van der Waals surface area (Å²) in [5.74, 6) is 0.0286. The average Bonchev–Trinajstić information content (AvgIpc) is 2.69. The number of hydrogen-bond donors (Lipinski definition) is 1. The third-order valence-electron chi connectivity index (χ3n) is 3.51. The smallest absolute Gasteiger partial charge is 0.268 e. The summed E-state index contributed by atoms with van der Waals surface area (Å²) < 4.78 is 2.79. The summed E-state index contributed by atoms with van der Waals surface area (Å²) in [4.78, 5) is 12.1. The Kier molecular flexibility index (Phi) is 3.34. The third kappa shape index (κ3) is 2.92. The Balaban J connectivity index is 2.01. The van der Waals surface area contributed by atoms with Crippen LogP contribution in [-0.4, -0.2) is 16.5 Å². The van der Waals surface area contributed by atoms with Crippen LogP contribution in [0.15, 0.2) is 16.7 Å². The van der Waals surface area contributed by atoms with Crippen LogP contribution in [0.2, 0.25) is 0 Å². The first-order valence-electron chi connectivity index (χ1n) is 6.00. The van der Waals surface area contributed by atoms with E-state index in [9.17, 15) is 4.79 Å². The summed E-state index contributed by atoms with van der Waals surface area (Å²) in [6.07, 6.45) is 5.25. The molecule has 1 saturated carbocycles. The molecule has 2 rings (SSSR count). The van der Waals surface area contributed by atoms with Gasteiger partial charge in [-0.3, -0.25) is 4.79 Å². The molecule has 3 nitrogen and oxygen atoms in total. The first-order valence-corrected chi connectivity index (χ1v) is 6.79. The number of amides is 1. The number of nitrogens with one attached hydrogen (secondary N) is 1. The van der Waals surface area contributed by atoms with Gasteiger partial charge in [0.1, 0.15) is 5.69 Å². The molecule has 0 aliphatic heterocycles. The maximum absolute atomic E-state index is 12.1. The van der Waals surface area contributed by atoms with Crippen molar-refractivity contribution in [2.75, 3.05) is 0 Å². The van der Waals surface area contributed by atoms with Gasteiger partial charge in [-0.2, -0.15) is 0 Å². The fraction of sp³-hybridized carbons (Fsp3) is 0.615. The first-order chi connectivity index (χ1) is 7.87. The lowest BCUT2D eigenvalue weighted by Crippen LogP contribution is -2.34. The minimum Gasteiger partial charge on any atom is -0.348 e. The highest BCUT2D eigenvalue weighted by Gasteiger charge is 2.32. The Labute approximate surface area is 111 Å². The molecular formula is C13H19BrN2O. The zero-order valence-corrected chi connectivity index (χ0v) is 12.2. The molecule has 4 heteroatoms. The predicted molar refractivity (Wildman–Crippen MR) is 72.0 cm³/mol. The highest BCUT2D eigenvalue weighted by Crippen LogP contribution is 2.37. The Bertz CT molecular complexity index is 437. The van der Waals surface area contributed by atoms with Crippen LogP contribution in [0.3, 0.4) is 0 Å². The number of nitrogens with zero attached hydrogens (tertiary/aromatic N) is 1. The molecule has 0 saturated heterocycles. The van der Waals surface area contributed by atoms with Crippen molar-refractivity contribution in [1.82, 2.24) is 9.88 Å². The first kappa shape index (κ1) is 12.7. The van der Waals surface area contributed by atoms with Gasteiger partial charge in [-0.15, -0.1) is 0 Å². The Hall–Kier alpha value is -0.770. The second-order valence-electron chi connectivity index (χ2n) is 5.73. The quantitative estimate of drug-likeness (QED) is 0.894. The standard InChI is InChI=1S/C13H19BrN2O/c1-13(2)5-4-10(7-13)15-12(17)11-6-9(14)8-16(11)3/h6,8,10H,4-5,7H2,1-3H3,(H,15,17). The van der Waals surface area contributed by atoms with Crippen molar-refractivity contribution in [3.63, 3.8) is 0 Å². The lowest BCUT2D eigenvalue weighted by molar-refractivity contribution is 0.0928. The molecule has 17 heavy (non-hydrogen) atoms. The van der Waals surface area contributed by atoms with Gasteiger partial charge in [0.2, 0.25) is 0 Å². The SMILES string of the molecule is Cn1cc(Br)cc1C(=O)NC1CCC(C)(C)C1. The van der Waals surface area contributed by atoms with Gasteiger partial charge in [0.15, 0.2) is 0 Å². The van der Waals surface area contributed by atoms with E-state index in [4.69, 9.17) is 0 Å². The molecule has 1 fully saturated rings. The molecule has 1 atom stereocenters. The van der Waals surface area contributed by atoms with Crippen LogP contribution in [0, 0.1) is 5.41 Å². The lowest BCUT2D eigenvalue weighted by atomic mass is 9.92. The normalized spacial score (nSPS) is 22.7. The summed E-state index contributed by atoms with van der Waals surface area (Å²) in [5.41, 5.74) is 1.08. The maximum atomic E-state index is 12.1. The monoisotopic (exact) mass is 298 g/mol. The van der Waals surface area contributed by atoms with Crippen molar-refractivity contribution in [2.24, 2.45) is 12.5 Å². The largest absolute Gasteiger partial charge is 0.348 e. The lowest BCUT2D eigenvalue weighted by Gasteiger charge is -2.17. The fourth-order valence-corrected chi connectivity index (χ4v) is 3.09. The highest BCUT2D eigenvalue weighted by molar-refractivity contribution is 9.10. The van der Waals surface area contributed by atoms with Gasteiger partial charge in [0.05, 0.1) is 0 Å². The van der Waals surface area contributed by atoms with Gasteiger partial charge in [-0.1, -0.05) is 13.8 Å². The molecule has 0 aromatic carbocycles. The molecular weight excluding hydrogens is 280 g/mol. The van der Waals surface area contributed by atoms with Crippen LogP contribution >= 0.6 is 15.9 Å². The van der Waals surface area contributed by atoms with Crippen LogP contribution in [0.1, 0.15) is 43.6 Å². The van der Waals surface area contributed by atoms with Gasteiger partial charge in [0.25, 0.3) is 5.91 Å². The summed E-state index contributed by atoms with van der Waals surface area (Å²) in [6.45, 7) is 4.52. The molecule has 0 bridgehead atoms. The van der Waals surface area contributed by atoms with E-state index in [1.165, 1.54) is 6.42 Å². The molecule has 1 N–H and O–H groups in total. The molecule has 1 heterocycles. The number of carbonyl (C=O) groups is 1. The minimum absolute atomic E-state index is 0.0286. The van der Waals surface area contributed by atoms with E-state index < -0.39 is 0 Å². The van der Waals surface area contributed by atoms with E-state index >= 15 is 0 Å². The number of carbonyl (C=O) groups excluding carboxylic acids is 1. The van der Waals surface area contributed by atoms with Crippen LogP contribution in [0.25, 0.3) is 0 Å². The molecule has 1 unspecified atom stereocenters. The molecule has 0 radical (unpaired) electrons. The predicted octanol–water partition coefficient (Wildman–Crippen LogP) is 3.10. The van der Waals surface area contributed by atoms with Crippen LogP contribution in [0.5, 0.6) is 0 Å². The van der Waals surface area contributed by atoms with Crippen molar-refractivity contribution in [3.05, 3.63) is 22.4 Å². The van der Waals surface area contributed by atoms with Gasteiger partial charge in [0, 0.05) is 23.8 Å². The second-order valence-corrected chi connectivity index (χ2v) is 6.65. The van der Waals surface area contributed by atoms with Crippen molar-refractivity contribution < 1.29 is 4.79 Å². The molecule has 1 aromatic heterocycles. The van der Waals surface area contributed by atoms with Crippen molar-refractivity contribution in [1.29, 1.82) is 0 Å². The fourth-order valence-electron chi connectivity index (χ4n) is 2.57. The Morgan fingerprint density at radius 2 is 2.29 bits per heavy atom. The van der Waals surface area contributed by atoms with E-state index in [2.05, 4.69) is 35.1 Å². The van der Waals surface area contributed by atoms with Crippen LogP contribution < -0.4 is 5.32 Å². The number of halogens is 1. The van der Waals surface area contributed by atoms with E-state index in [1.807, 2.05) is 23.9 Å². The van der Waals surface area contributed by atoms with E-state index in [1.54, 1.807) is 0 Å². The number of rotatable bonds is 2. The topological polar surface area (TPSA) is 34.0 Å². The highest BCUT2D eigenvalue weighted by atomic mass is 79.9. The summed E-state index contributed by atoms with van der Waals surface area (Å²) in [6, 6.07) is 2.18. The summed E-state index contributed by atoms with van der Waals surface area (Å²) >= 11 is 3.38. The molecule has 1 aromatic rings. The van der Waals surface area contributed by atoms with Crippen molar-refractivity contribution in [3.8, 4) is 0 Å². The minimum atomic E-state index is 0.0286. The third-order valence-corrected chi connectivity index (χ3v) is 3.94. The zero-order valence-electron chi connectivity index (χ0n) is 10.6.